The summed E-state index contributed by atoms with van der Waals surface area (Å²) < 4.78 is 0. The second-order valence-electron chi connectivity index (χ2n) is 6.27. The smallest absolute Gasteiger partial charge is 0.236 e. The standard InChI is InChI=1S/C23H18O/c1-23(2,3)21-17-15-20(16-18-21)22(24)14-10-5-4-7-11-19-12-8-6-9-13-19/h6,8-9,12-13,15-18H,1-3H3. The molecule has 2 aromatic rings. The molecule has 0 aliphatic heterocycles. The van der Waals surface area contributed by atoms with Crippen LogP contribution in [-0.4, -0.2) is 5.78 Å². The predicted molar refractivity (Wildman–Crippen MR) is 98.3 cm³/mol. The van der Waals surface area contributed by atoms with E-state index in [0.717, 1.165) is 5.56 Å². The van der Waals surface area contributed by atoms with E-state index in [4.69, 9.17) is 0 Å². The first-order valence-corrected chi connectivity index (χ1v) is 7.69. The van der Waals surface area contributed by atoms with Crippen molar-refractivity contribution in [2.75, 3.05) is 0 Å². The van der Waals surface area contributed by atoms with Gasteiger partial charge in [0.2, 0.25) is 5.78 Å². The van der Waals surface area contributed by atoms with E-state index < -0.39 is 0 Å². The van der Waals surface area contributed by atoms with Crippen molar-refractivity contribution < 1.29 is 4.79 Å². The highest BCUT2D eigenvalue weighted by atomic mass is 16.1. The van der Waals surface area contributed by atoms with E-state index in [1.165, 1.54) is 5.56 Å². The van der Waals surface area contributed by atoms with Gasteiger partial charge in [0.05, 0.1) is 0 Å². The summed E-state index contributed by atoms with van der Waals surface area (Å²) in [4.78, 5) is 12.0. The maximum Gasteiger partial charge on any atom is 0.236 e. The van der Waals surface area contributed by atoms with Crippen LogP contribution >= 0.6 is 0 Å². The molecule has 2 rings (SSSR count). The molecule has 0 aromatic heterocycles. The van der Waals surface area contributed by atoms with Crippen LogP contribution in [0.25, 0.3) is 0 Å². The van der Waals surface area contributed by atoms with E-state index in [0.29, 0.717) is 5.56 Å². The molecule has 0 radical (unpaired) electrons. The first-order valence-electron chi connectivity index (χ1n) is 7.69. The molecule has 0 N–H and O–H groups in total. The Kier molecular flexibility index (Phi) is 5.63. The van der Waals surface area contributed by atoms with Crippen LogP contribution in [-0.2, 0) is 5.41 Å². The number of hydrogen-bond donors (Lipinski definition) is 0. The van der Waals surface area contributed by atoms with Gasteiger partial charge in [-0.05, 0) is 52.7 Å². The fourth-order valence-corrected chi connectivity index (χ4v) is 1.97. The Hall–Kier alpha value is -3.21. The van der Waals surface area contributed by atoms with Crippen LogP contribution in [0.4, 0.5) is 0 Å². The van der Waals surface area contributed by atoms with Crippen molar-refractivity contribution >= 4 is 5.78 Å². The van der Waals surface area contributed by atoms with E-state index in [1.54, 1.807) is 12.1 Å². The van der Waals surface area contributed by atoms with Crippen LogP contribution < -0.4 is 0 Å². The van der Waals surface area contributed by atoms with Crippen molar-refractivity contribution in [3.05, 3.63) is 71.3 Å². The predicted octanol–water partition coefficient (Wildman–Crippen LogP) is 4.23. The van der Waals surface area contributed by atoms with Crippen molar-refractivity contribution in [1.82, 2.24) is 0 Å². The van der Waals surface area contributed by atoms with Gasteiger partial charge in [0.1, 0.15) is 0 Å². The molecule has 0 fully saturated rings. The Morgan fingerprint density at radius 1 is 0.792 bits per heavy atom. The summed E-state index contributed by atoms with van der Waals surface area (Å²) in [5.41, 5.74) is 2.72. The van der Waals surface area contributed by atoms with Gasteiger partial charge in [0.15, 0.2) is 0 Å². The molecule has 2 aromatic carbocycles. The third kappa shape index (κ3) is 5.21. The second kappa shape index (κ2) is 7.87. The maximum atomic E-state index is 12.0. The van der Waals surface area contributed by atoms with E-state index in [2.05, 4.69) is 56.3 Å². The van der Waals surface area contributed by atoms with Gasteiger partial charge in [-0.15, -0.1) is 0 Å². The van der Waals surface area contributed by atoms with Gasteiger partial charge in [0, 0.05) is 11.1 Å². The third-order valence-electron chi connectivity index (χ3n) is 3.36. The van der Waals surface area contributed by atoms with Crippen LogP contribution in [0.15, 0.2) is 54.6 Å². The summed E-state index contributed by atoms with van der Waals surface area (Å²) in [5.74, 6) is 15.7. The monoisotopic (exact) mass is 310 g/mol. The highest BCUT2D eigenvalue weighted by Crippen LogP contribution is 2.22. The zero-order chi connectivity index (χ0) is 17.4. The second-order valence-corrected chi connectivity index (χ2v) is 6.27. The quantitative estimate of drug-likeness (QED) is 0.438. The Balaban J connectivity index is 2.01. The maximum absolute atomic E-state index is 12.0. The summed E-state index contributed by atoms with van der Waals surface area (Å²) in [6.45, 7) is 6.40. The number of benzene rings is 2. The van der Waals surface area contributed by atoms with Gasteiger partial charge in [-0.1, -0.05) is 69.2 Å². The van der Waals surface area contributed by atoms with E-state index >= 15 is 0 Å². The Morgan fingerprint density at radius 3 is 2.04 bits per heavy atom. The molecular weight excluding hydrogens is 292 g/mol. The van der Waals surface area contributed by atoms with E-state index in [1.807, 2.05) is 42.5 Å². The Labute approximate surface area is 144 Å². The van der Waals surface area contributed by atoms with Crippen molar-refractivity contribution in [2.45, 2.75) is 26.2 Å². The molecule has 0 saturated heterocycles. The summed E-state index contributed by atoms with van der Waals surface area (Å²) in [5, 5.41) is 0. The molecule has 1 nitrogen and oxygen atoms in total. The van der Waals surface area contributed by atoms with Gasteiger partial charge >= 0.3 is 0 Å². The fraction of sp³-hybridized carbons (Fsp3) is 0.174. The topological polar surface area (TPSA) is 17.1 Å². The average Bonchev–Trinajstić information content (AvgIpc) is 2.58. The SMILES string of the molecule is CC(C)(C)c1ccc(C(=O)C#CC#CC#Cc2ccccc2)cc1. The number of hydrogen-bond acceptors (Lipinski definition) is 1. The zero-order valence-electron chi connectivity index (χ0n) is 14.1. The minimum absolute atomic E-state index is 0.0656. The number of rotatable bonds is 1. The molecule has 24 heavy (non-hydrogen) atoms. The molecule has 0 bridgehead atoms. The first kappa shape index (κ1) is 17.1. The van der Waals surface area contributed by atoms with Gasteiger partial charge in [-0.2, -0.15) is 0 Å². The molecule has 0 aliphatic rings. The van der Waals surface area contributed by atoms with Crippen molar-refractivity contribution in [3.63, 3.8) is 0 Å². The lowest BCUT2D eigenvalue weighted by Gasteiger charge is -2.18. The summed E-state index contributed by atoms with van der Waals surface area (Å²) in [7, 11) is 0. The van der Waals surface area contributed by atoms with Gasteiger partial charge in [-0.3, -0.25) is 4.79 Å². The van der Waals surface area contributed by atoms with Crippen LogP contribution in [0, 0.1) is 35.5 Å². The highest BCUT2D eigenvalue weighted by Gasteiger charge is 2.13. The Morgan fingerprint density at radius 2 is 1.42 bits per heavy atom. The van der Waals surface area contributed by atoms with Crippen molar-refractivity contribution in [1.29, 1.82) is 0 Å². The first-order chi connectivity index (χ1) is 11.5. The lowest BCUT2D eigenvalue weighted by molar-refractivity contribution is 0.105. The van der Waals surface area contributed by atoms with Crippen LogP contribution in [0.3, 0.4) is 0 Å². The van der Waals surface area contributed by atoms with Crippen molar-refractivity contribution in [3.8, 4) is 35.5 Å². The fourth-order valence-electron chi connectivity index (χ4n) is 1.97. The number of Topliss-reactive ketones (excluding diaryl/α,β-unsaturated/α-hetero) is 1. The summed E-state index contributed by atoms with van der Waals surface area (Å²) >= 11 is 0. The van der Waals surface area contributed by atoms with Crippen LogP contribution in [0.2, 0.25) is 0 Å². The van der Waals surface area contributed by atoms with E-state index in [-0.39, 0.29) is 11.2 Å². The minimum atomic E-state index is -0.235. The summed E-state index contributed by atoms with van der Waals surface area (Å²) in [6, 6.07) is 17.1. The molecule has 0 saturated carbocycles. The average molecular weight is 310 g/mol. The molecule has 0 atom stereocenters. The van der Waals surface area contributed by atoms with E-state index in [9.17, 15) is 4.79 Å². The summed E-state index contributed by atoms with van der Waals surface area (Å²) in [6.07, 6.45) is 0. The number of ketones is 1. The molecule has 1 heteroatoms. The normalized spacial score (nSPS) is 9.46. The third-order valence-corrected chi connectivity index (χ3v) is 3.36. The van der Waals surface area contributed by atoms with Gasteiger partial charge in [0.25, 0.3) is 0 Å². The molecule has 0 amide bonds. The number of carbonyl (C=O) groups excluding carboxylic acids is 1. The molecular formula is C23H18O. The van der Waals surface area contributed by atoms with Gasteiger partial charge in [-0.25, -0.2) is 0 Å². The molecule has 0 aliphatic carbocycles. The van der Waals surface area contributed by atoms with Crippen LogP contribution in [0.5, 0.6) is 0 Å². The Bertz CT molecular complexity index is 891. The number of carbonyl (C=O) groups is 1. The molecule has 0 heterocycles. The lowest BCUT2D eigenvalue weighted by atomic mass is 9.86. The molecule has 116 valence electrons. The van der Waals surface area contributed by atoms with Gasteiger partial charge < -0.3 is 0 Å². The molecule has 0 spiro atoms. The zero-order valence-corrected chi connectivity index (χ0v) is 14.1. The molecule has 0 unspecified atom stereocenters. The lowest BCUT2D eigenvalue weighted by Crippen LogP contribution is -2.11. The highest BCUT2D eigenvalue weighted by molar-refractivity contribution is 6.09. The minimum Gasteiger partial charge on any atom is -0.279 e. The largest absolute Gasteiger partial charge is 0.279 e. The van der Waals surface area contributed by atoms with Crippen molar-refractivity contribution in [2.24, 2.45) is 0 Å². The van der Waals surface area contributed by atoms with Crippen LogP contribution in [0.1, 0.15) is 42.3 Å².